The van der Waals surface area contributed by atoms with Gasteiger partial charge in [0.05, 0.1) is 4.90 Å². The van der Waals surface area contributed by atoms with Crippen molar-refractivity contribution >= 4 is 38.4 Å². The topological polar surface area (TPSA) is 116 Å². The van der Waals surface area contributed by atoms with Gasteiger partial charge < -0.3 is 10.1 Å². The Morgan fingerprint density at radius 2 is 1.82 bits per heavy atom. The van der Waals surface area contributed by atoms with Crippen molar-refractivity contribution in [1.82, 2.24) is 0 Å². The summed E-state index contributed by atoms with van der Waals surface area (Å²) in [4.78, 5) is 22.1. The molecule has 3 N–H and O–H groups in total. The Morgan fingerprint density at radius 1 is 1.14 bits per heavy atom. The van der Waals surface area contributed by atoms with Crippen molar-refractivity contribution in [2.45, 2.75) is 18.7 Å². The standard InChI is InChI=1S/C14H14N2O5S/c1-8(17)16-11-4-3-10-5-12(22(15,19)20)7-14(13(10)6-11)21-9(2)18/h3-7H,1-2H3,(H,16,17)(H2,15,19,20). The number of esters is 1. The number of carbonyl (C=O) groups is 2. The molecule has 0 saturated carbocycles. The number of fused-ring (bicyclic) bond motifs is 1. The molecule has 2 aromatic carbocycles. The number of primary sulfonamides is 1. The summed E-state index contributed by atoms with van der Waals surface area (Å²) in [6.07, 6.45) is 0. The summed E-state index contributed by atoms with van der Waals surface area (Å²) in [5.41, 5.74) is 0.497. The third-order valence-electron chi connectivity index (χ3n) is 2.79. The maximum atomic E-state index is 11.5. The predicted octanol–water partition coefficient (Wildman–Crippen LogP) is 1.37. The first-order valence-corrected chi connectivity index (χ1v) is 7.78. The van der Waals surface area contributed by atoms with Crippen LogP contribution in [0.1, 0.15) is 13.8 Å². The molecule has 0 bridgehead atoms. The molecule has 116 valence electrons. The van der Waals surface area contributed by atoms with Crippen molar-refractivity contribution in [1.29, 1.82) is 0 Å². The molecule has 8 heteroatoms. The molecule has 1 amide bonds. The predicted molar refractivity (Wildman–Crippen MR) is 80.9 cm³/mol. The zero-order valence-electron chi connectivity index (χ0n) is 11.9. The van der Waals surface area contributed by atoms with Crippen LogP contribution in [-0.2, 0) is 19.6 Å². The lowest BCUT2D eigenvalue weighted by Gasteiger charge is -2.11. The molecule has 7 nitrogen and oxygen atoms in total. The summed E-state index contributed by atoms with van der Waals surface area (Å²) in [5.74, 6) is -0.798. The molecular weight excluding hydrogens is 308 g/mol. The molecule has 0 spiro atoms. The lowest BCUT2D eigenvalue weighted by Crippen LogP contribution is -2.13. The summed E-state index contributed by atoms with van der Waals surface area (Å²) < 4.78 is 28.1. The van der Waals surface area contributed by atoms with Crippen LogP contribution in [0.3, 0.4) is 0 Å². The number of carbonyl (C=O) groups excluding carboxylic acids is 2. The third-order valence-corrected chi connectivity index (χ3v) is 3.69. The zero-order valence-corrected chi connectivity index (χ0v) is 12.7. The van der Waals surface area contributed by atoms with Crippen molar-refractivity contribution in [2.24, 2.45) is 5.14 Å². The van der Waals surface area contributed by atoms with Gasteiger partial charge >= 0.3 is 5.97 Å². The van der Waals surface area contributed by atoms with E-state index in [1.165, 1.54) is 26.0 Å². The monoisotopic (exact) mass is 322 g/mol. The lowest BCUT2D eigenvalue weighted by molar-refractivity contribution is -0.131. The molecule has 0 aliphatic rings. The Morgan fingerprint density at radius 3 is 2.36 bits per heavy atom. The van der Waals surface area contributed by atoms with Crippen LogP contribution < -0.4 is 15.2 Å². The highest BCUT2D eigenvalue weighted by Crippen LogP contribution is 2.31. The number of hydrogen-bond acceptors (Lipinski definition) is 5. The highest BCUT2D eigenvalue weighted by atomic mass is 32.2. The van der Waals surface area contributed by atoms with E-state index in [1.807, 2.05) is 0 Å². The van der Waals surface area contributed by atoms with Crippen LogP contribution in [0.25, 0.3) is 10.8 Å². The first-order chi connectivity index (χ1) is 10.2. The van der Waals surface area contributed by atoms with Gasteiger partial charge in [-0.25, -0.2) is 13.6 Å². The van der Waals surface area contributed by atoms with Crippen molar-refractivity contribution < 1.29 is 22.7 Å². The maximum absolute atomic E-state index is 11.5. The van der Waals surface area contributed by atoms with Crippen LogP contribution in [0.4, 0.5) is 5.69 Å². The van der Waals surface area contributed by atoms with E-state index in [-0.39, 0.29) is 16.6 Å². The molecule has 0 unspecified atom stereocenters. The van der Waals surface area contributed by atoms with Gasteiger partial charge in [0.15, 0.2) is 0 Å². The smallest absolute Gasteiger partial charge is 0.308 e. The van der Waals surface area contributed by atoms with Crippen LogP contribution in [0.15, 0.2) is 35.2 Å². The third kappa shape index (κ3) is 3.60. The van der Waals surface area contributed by atoms with E-state index >= 15 is 0 Å². The average Bonchev–Trinajstić information content (AvgIpc) is 2.36. The van der Waals surface area contributed by atoms with Gasteiger partial charge in [-0.05, 0) is 23.6 Å². The fraction of sp³-hybridized carbons (Fsp3) is 0.143. The minimum Gasteiger partial charge on any atom is -0.426 e. The number of ether oxygens (including phenoxy) is 1. The molecule has 0 aliphatic carbocycles. The van der Waals surface area contributed by atoms with Gasteiger partial charge in [0, 0.05) is 31.0 Å². The van der Waals surface area contributed by atoms with Crippen LogP contribution in [-0.4, -0.2) is 20.3 Å². The van der Waals surface area contributed by atoms with E-state index in [1.54, 1.807) is 18.2 Å². The Kier molecular flexibility index (Phi) is 4.16. The second-order valence-corrected chi connectivity index (χ2v) is 6.24. The van der Waals surface area contributed by atoms with Crippen LogP contribution in [0.5, 0.6) is 5.75 Å². The average molecular weight is 322 g/mol. The first-order valence-electron chi connectivity index (χ1n) is 6.23. The number of hydrogen-bond donors (Lipinski definition) is 2. The molecule has 0 heterocycles. The molecule has 0 aliphatic heterocycles. The van der Waals surface area contributed by atoms with Gasteiger partial charge in [-0.15, -0.1) is 0 Å². The highest BCUT2D eigenvalue weighted by Gasteiger charge is 2.15. The number of amides is 1. The summed E-state index contributed by atoms with van der Waals surface area (Å²) in [7, 11) is -3.94. The largest absolute Gasteiger partial charge is 0.426 e. The van der Waals surface area contributed by atoms with Gasteiger partial charge in [0.25, 0.3) is 0 Å². The van der Waals surface area contributed by atoms with Crippen LogP contribution >= 0.6 is 0 Å². The van der Waals surface area contributed by atoms with Gasteiger partial charge in [0.2, 0.25) is 15.9 Å². The van der Waals surface area contributed by atoms with E-state index in [0.717, 1.165) is 0 Å². The van der Waals surface area contributed by atoms with Crippen molar-refractivity contribution in [3.8, 4) is 5.75 Å². The second-order valence-electron chi connectivity index (χ2n) is 4.68. The van der Waals surface area contributed by atoms with E-state index in [0.29, 0.717) is 16.5 Å². The number of anilines is 1. The summed E-state index contributed by atoms with van der Waals surface area (Å²) in [6.45, 7) is 2.56. The Labute approximate surface area is 127 Å². The molecule has 0 radical (unpaired) electrons. The SMILES string of the molecule is CC(=O)Nc1ccc2cc(S(N)(=O)=O)cc(OC(C)=O)c2c1. The zero-order chi connectivity index (χ0) is 16.5. The van der Waals surface area contributed by atoms with Gasteiger partial charge in [-0.3, -0.25) is 9.59 Å². The Balaban J connectivity index is 2.70. The lowest BCUT2D eigenvalue weighted by atomic mass is 10.1. The number of nitrogens with two attached hydrogens (primary N) is 1. The van der Waals surface area contributed by atoms with E-state index in [9.17, 15) is 18.0 Å². The molecule has 2 rings (SSSR count). The van der Waals surface area contributed by atoms with Gasteiger partial charge in [0.1, 0.15) is 5.75 Å². The fourth-order valence-electron chi connectivity index (χ4n) is 1.98. The second kappa shape index (κ2) is 5.74. The Hall–Kier alpha value is -2.45. The normalized spacial score (nSPS) is 11.2. The minimum absolute atomic E-state index is 0.0567. The molecular formula is C14H14N2O5S. The van der Waals surface area contributed by atoms with E-state index in [4.69, 9.17) is 9.88 Å². The number of sulfonamides is 1. The Bertz CT molecular complexity index is 874. The molecule has 0 aromatic heterocycles. The van der Waals surface area contributed by atoms with Crippen LogP contribution in [0.2, 0.25) is 0 Å². The molecule has 0 saturated heterocycles. The summed E-state index contributed by atoms with van der Waals surface area (Å²) in [6, 6.07) is 7.34. The molecule has 0 atom stereocenters. The number of rotatable bonds is 3. The fourth-order valence-corrected chi connectivity index (χ4v) is 2.54. The van der Waals surface area contributed by atoms with Crippen LogP contribution in [0, 0.1) is 0 Å². The minimum atomic E-state index is -3.94. The van der Waals surface area contributed by atoms with Crippen molar-refractivity contribution in [2.75, 3.05) is 5.32 Å². The molecule has 2 aromatic rings. The summed E-state index contributed by atoms with van der Waals surface area (Å²) in [5, 5.41) is 8.71. The van der Waals surface area contributed by atoms with Crippen molar-refractivity contribution in [3.05, 3.63) is 30.3 Å². The molecule has 0 fully saturated rings. The quantitative estimate of drug-likeness (QED) is 0.654. The van der Waals surface area contributed by atoms with E-state index < -0.39 is 16.0 Å². The van der Waals surface area contributed by atoms with Gasteiger partial charge in [-0.2, -0.15) is 0 Å². The molecule has 22 heavy (non-hydrogen) atoms. The maximum Gasteiger partial charge on any atom is 0.308 e. The van der Waals surface area contributed by atoms with E-state index in [2.05, 4.69) is 5.32 Å². The number of benzene rings is 2. The van der Waals surface area contributed by atoms with Gasteiger partial charge in [-0.1, -0.05) is 6.07 Å². The summed E-state index contributed by atoms with van der Waals surface area (Å²) >= 11 is 0. The first kappa shape index (κ1) is 15.9. The highest BCUT2D eigenvalue weighted by molar-refractivity contribution is 7.89. The van der Waals surface area contributed by atoms with Crippen molar-refractivity contribution in [3.63, 3.8) is 0 Å². The number of nitrogens with one attached hydrogen (secondary N) is 1.